The number of fused-ring (bicyclic) bond motifs is 1. The Balaban J connectivity index is 1.93. The number of nitrogens with zero attached hydrogens (tertiary/aromatic N) is 2. The lowest BCUT2D eigenvalue weighted by atomic mass is 9.99. The molecule has 0 fully saturated rings. The minimum atomic E-state index is -0.563. The van der Waals surface area contributed by atoms with E-state index in [-0.39, 0.29) is 11.9 Å². The van der Waals surface area contributed by atoms with Crippen molar-refractivity contribution in [1.29, 1.82) is 5.26 Å². The number of nitriles is 1. The van der Waals surface area contributed by atoms with Gasteiger partial charge in [0.25, 0.3) is 0 Å². The van der Waals surface area contributed by atoms with Gasteiger partial charge < -0.3 is 14.6 Å². The Morgan fingerprint density at radius 2 is 2.16 bits per heavy atom. The number of H-pyrrole nitrogens is 1. The molecule has 0 unspecified atom stereocenters. The highest BCUT2D eigenvalue weighted by atomic mass is 19.1. The molecule has 1 aliphatic rings. The third kappa shape index (κ3) is 3.36. The van der Waals surface area contributed by atoms with E-state index in [1.165, 1.54) is 12.1 Å². The first-order valence-electron chi connectivity index (χ1n) is 8.17. The van der Waals surface area contributed by atoms with Gasteiger partial charge in [-0.05, 0) is 44.9 Å². The van der Waals surface area contributed by atoms with E-state index >= 15 is 0 Å². The topological polar surface area (TPSA) is 69.1 Å². The average Bonchev–Trinajstić information content (AvgIpc) is 3.00. The van der Waals surface area contributed by atoms with E-state index in [1.807, 2.05) is 26.8 Å². The zero-order chi connectivity index (χ0) is 18.2. The molecule has 5 nitrogen and oxygen atoms in total. The summed E-state index contributed by atoms with van der Waals surface area (Å²) in [6.45, 7) is 6.38. The fourth-order valence-electron chi connectivity index (χ4n) is 2.97. The number of hydrogen-bond acceptors (Lipinski definition) is 3. The van der Waals surface area contributed by atoms with Crippen molar-refractivity contribution in [2.45, 2.75) is 32.8 Å². The van der Waals surface area contributed by atoms with E-state index in [0.717, 1.165) is 5.57 Å². The Morgan fingerprint density at radius 1 is 1.40 bits per heavy atom. The minimum absolute atomic E-state index is 0.345. The van der Waals surface area contributed by atoms with Gasteiger partial charge in [-0.25, -0.2) is 9.18 Å². The molecule has 3 rings (SSSR count). The predicted molar refractivity (Wildman–Crippen MR) is 93.4 cm³/mol. The van der Waals surface area contributed by atoms with Crippen LogP contribution in [0.15, 0.2) is 24.4 Å². The van der Waals surface area contributed by atoms with Gasteiger partial charge in [-0.3, -0.25) is 0 Å². The average molecular weight is 341 g/mol. The van der Waals surface area contributed by atoms with Crippen LogP contribution in [-0.4, -0.2) is 34.7 Å². The number of hydrogen-bond donors (Lipinski definition) is 1. The van der Waals surface area contributed by atoms with Gasteiger partial charge >= 0.3 is 6.09 Å². The molecular weight excluding hydrogens is 321 g/mol. The van der Waals surface area contributed by atoms with Gasteiger partial charge in [0.15, 0.2) is 0 Å². The van der Waals surface area contributed by atoms with Crippen LogP contribution in [0.5, 0.6) is 0 Å². The van der Waals surface area contributed by atoms with Crippen molar-refractivity contribution < 1.29 is 13.9 Å². The molecule has 0 saturated carbocycles. The van der Waals surface area contributed by atoms with E-state index < -0.39 is 5.60 Å². The summed E-state index contributed by atoms with van der Waals surface area (Å²) in [5.74, 6) is -0.388. The van der Waals surface area contributed by atoms with Crippen LogP contribution in [0.1, 0.15) is 38.3 Å². The summed E-state index contributed by atoms with van der Waals surface area (Å²) in [6, 6.07) is 4.82. The fraction of sp³-hybridized carbons (Fsp3) is 0.368. The molecule has 1 aliphatic heterocycles. The first kappa shape index (κ1) is 17.0. The maximum absolute atomic E-state index is 14.4. The summed E-state index contributed by atoms with van der Waals surface area (Å²) >= 11 is 0. The van der Waals surface area contributed by atoms with Crippen molar-refractivity contribution in [3.8, 4) is 6.07 Å². The number of nitrogens with one attached hydrogen (secondary N) is 1. The van der Waals surface area contributed by atoms with Gasteiger partial charge in [-0.2, -0.15) is 5.26 Å². The van der Waals surface area contributed by atoms with Gasteiger partial charge in [0.2, 0.25) is 0 Å². The van der Waals surface area contributed by atoms with Gasteiger partial charge in [-0.15, -0.1) is 0 Å². The van der Waals surface area contributed by atoms with Crippen molar-refractivity contribution in [3.05, 3.63) is 41.3 Å². The standard InChI is InChI=1S/C19H20FN3O2/c1-19(2,3)25-18(24)23-8-4-5-13(11-23)14-10-22-17-12(9-21)6-7-15(20)16(14)17/h5-7,10,22H,4,8,11H2,1-3H3. The second-order valence-electron chi connectivity index (χ2n) is 7.08. The second kappa shape index (κ2) is 6.25. The number of halogens is 1. The number of rotatable bonds is 1. The maximum Gasteiger partial charge on any atom is 0.410 e. The van der Waals surface area contributed by atoms with E-state index in [1.54, 1.807) is 11.1 Å². The monoisotopic (exact) mass is 341 g/mol. The molecule has 1 aromatic heterocycles. The summed E-state index contributed by atoms with van der Waals surface area (Å²) < 4.78 is 19.8. The number of benzene rings is 1. The molecule has 1 aromatic carbocycles. The van der Waals surface area contributed by atoms with Crippen molar-refractivity contribution in [1.82, 2.24) is 9.88 Å². The third-order valence-electron chi connectivity index (χ3n) is 4.05. The summed E-state index contributed by atoms with van der Waals surface area (Å²) in [7, 11) is 0. The van der Waals surface area contributed by atoms with Crippen LogP contribution in [0.2, 0.25) is 0 Å². The van der Waals surface area contributed by atoms with E-state index in [4.69, 9.17) is 4.74 Å². The number of amides is 1. The minimum Gasteiger partial charge on any atom is -0.444 e. The highest BCUT2D eigenvalue weighted by molar-refractivity contribution is 5.96. The van der Waals surface area contributed by atoms with Gasteiger partial charge in [0, 0.05) is 30.2 Å². The molecule has 25 heavy (non-hydrogen) atoms. The molecule has 1 amide bonds. The first-order valence-corrected chi connectivity index (χ1v) is 8.17. The molecule has 6 heteroatoms. The molecule has 1 N–H and O–H groups in total. The Hall–Kier alpha value is -2.81. The lowest BCUT2D eigenvalue weighted by Crippen LogP contribution is -2.39. The number of carbonyl (C=O) groups excluding carboxylic acids is 1. The molecule has 0 radical (unpaired) electrons. The van der Waals surface area contributed by atoms with Crippen molar-refractivity contribution in [3.63, 3.8) is 0 Å². The van der Waals surface area contributed by atoms with Crippen LogP contribution < -0.4 is 0 Å². The first-order chi connectivity index (χ1) is 11.8. The van der Waals surface area contributed by atoms with Crippen LogP contribution in [0.3, 0.4) is 0 Å². The maximum atomic E-state index is 14.4. The normalized spacial score (nSPS) is 15.0. The molecular formula is C19H20FN3O2. The molecule has 0 aliphatic carbocycles. The Kier molecular flexibility index (Phi) is 4.25. The smallest absolute Gasteiger partial charge is 0.410 e. The molecule has 0 bridgehead atoms. The summed E-state index contributed by atoms with van der Waals surface area (Å²) in [5, 5.41) is 9.58. The zero-order valence-electron chi connectivity index (χ0n) is 14.5. The third-order valence-corrected chi connectivity index (χ3v) is 4.05. The molecule has 2 heterocycles. The zero-order valence-corrected chi connectivity index (χ0v) is 14.5. The summed E-state index contributed by atoms with van der Waals surface area (Å²) in [4.78, 5) is 16.9. The Labute approximate surface area is 145 Å². The van der Waals surface area contributed by atoms with Crippen LogP contribution in [0, 0.1) is 17.1 Å². The summed E-state index contributed by atoms with van der Waals surface area (Å²) in [5.41, 5.74) is 1.83. The van der Waals surface area contributed by atoms with Crippen LogP contribution in [0.4, 0.5) is 9.18 Å². The van der Waals surface area contributed by atoms with E-state index in [9.17, 15) is 14.4 Å². The summed E-state index contributed by atoms with van der Waals surface area (Å²) in [6.07, 6.45) is 3.98. The van der Waals surface area contributed by atoms with Gasteiger partial charge in [-0.1, -0.05) is 6.08 Å². The molecule has 0 saturated heterocycles. The van der Waals surface area contributed by atoms with Crippen LogP contribution in [0.25, 0.3) is 16.5 Å². The highest BCUT2D eigenvalue weighted by Gasteiger charge is 2.26. The van der Waals surface area contributed by atoms with Crippen molar-refractivity contribution >= 4 is 22.6 Å². The van der Waals surface area contributed by atoms with Crippen molar-refractivity contribution in [2.75, 3.05) is 13.1 Å². The highest BCUT2D eigenvalue weighted by Crippen LogP contribution is 2.31. The number of carbonyl (C=O) groups is 1. The number of aromatic amines is 1. The Bertz CT molecular complexity index is 900. The largest absolute Gasteiger partial charge is 0.444 e. The van der Waals surface area contributed by atoms with E-state index in [2.05, 4.69) is 11.1 Å². The second-order valence-corrected chi connectivity index (χ2v) is 7.08. The molecule has 0 atom stereocenters. The van der Waals surface area contributed by atoms with Gasteiger partial charge in [0.05, 0.1) is 11.1 Å². The number of ether oxygens (including phenoxy) is 1. The van der Waals surface area contributed by atoms with E-state index in [0.29, 0.717) is 41.5 Å². The van der Waals surface area contributed by atoms with Crippen LogP contribution in [-0.2, 0) is 4.74 Å². The fourth-order valence-corrected chi connectivity index (χ4v) is 2.97. The molecule has 0 spiro atoms. The van der Waals surface area contributed by atoms with Crippen molar-refractivity contribution in [2.24, 2.45) is 0 Å². The lowest BCUT2D eigenvalue weighted by Gasteiger charge is -2.30. The number of aromatic nitrogens is 1. The predicted octanol–water partition coefficient (Wildman–Crippen LogP) is 4.20. The molecule has 2 aromatic rings. The Morgan fingerprint density at radius 3 is 2.84 bits per heavy atom. The van der Waals surface area contributed by atoms with Gasteiger partial charge in [0.1, 0.15) is 17.5 Å². The molecule has 130 valence electrons. The quantitative estimate of drug-likeness (QED) is 0.845. The lowest BCUT2D eigenvalue weighted by molar-refractivity contribution is 0.0273. The SMILES string of the molecule is CC(C)(C)OC(=O)N1CCC=C(c2c[nH]c3c(C#N)ccc(F)c23)C1. The van der Waals surface area contributed by atoms with Crippen LogP contribution >= 0.6 is 0 Å².